The van der Waals surface area contributed by atoms with Gasteiger partial charge in [0.05, 0.1) is 17.6 Å². The Kier molecular flexibility index (Phi) is 4.06. The highest BCUT2D eigenvalue weighted by Gasteiger charge is 2.08. The average Bonchev–Trinajstić information content (AvgIpc) is 2.73. The van der Waals surface area contributed by atoms with Crippen molar-refractivity contribution < 1.29 is 4.79 Å². The van der Waals surface area contributed by atoms with Crippen LogP contribution in [0.3, 0.4) is 0 Å². The number of hydrogen-bond acceptors (Lipinski definition) is 2. The zero-order valence-corrected chi connectivity index (χ0v) is 11.5. The fraction of sp³-hybridized carbons (Fsp3) is 0.231. The number of urea groups is 1. The first-order chi connectivity index (χ1) is 9.10. The Balaban J connectivity index is 2.01. The van der Waals surface area contributed by atoms with Gasteiger partial charge in [-0.3, -0.25) is 4.68 Å². The quantitative estimate of drug-likeness (QED) is 0.903. The standard InChI is InChI=1S/C13H15ClN4O/c1-3-18-9(2)12(8-15-18)17-13(19)16-11-6-4-10(14)5-7-11/h4-8H,3H2,1-2H3,(H2,16,17,19). The minimum atomic E-state index is -0.305. The Bertz CT molecular complexity index is 577. The van der Waals surface area contributed by atoms with E-state index in [1.807, 2.05) is 18.5 Å². The molecule has 0 atom stereocenters. The van der Waals surface area contributed by atoms with Gasteiger partial charge in [0, 0.05) is 17.3 Å². The molecule has 2 rings (SSSR count). The summed E-state index contributed by atoms with van der Waals surface area (Å²) in [5.41, 5.74) is 2.31. The van der Waals surface area contributed by atoms with Crippen LogP contribution in [-0.4, -0.2) is 15.8 Å². The molecular weight excluding hydrogens is 264 g/mol. The molecule has 0 bridgehead atoms. The average molecular weight is 279 g/mol. The van der Waals surface area contributed by atoms with Crippen LogP contribution < -0.4 is 10.6 Å². The Morgan fingerprint density at radius 3 is 2.58 bits per heavy atom. The lowest BCUT2D eigenvalue weighted by Crippen LogP contribution is -2.19. The molecule has 1 aromatic heterocycles. The topological polar surface area (TPSA) is 59.0 Å². The van der Waals surface area contributed by atoms with Gasteiger partial charge in [0.15, 0.2) is 0 Å². The number of carbonyl (C=O) groups is 1. The highest BCUT2D eigenvalue weighted by atomic mass is 35.5. The van der Waals surface area contributed by atoms with E-state index in [4.69, 9.17) is 11.6 Å². The zero-order valence-electron chi connectivity index (χ0n) is 10.8. The molecule has 6 heteroatoms. The Hall–Kier alpha value is -2.01. The Labute approximate surface area is 116 Å². The minimum Gasteiger partial charge on any atom is -0.308 e. The number of carbonyl (C=O) groups excluding carboxylic acids is 1. The summed E-state index contributed by atoms with van der Waals surface area (Å²) >= 11 is 5.78. The molecular formula is C13H15ClN4O. The first kappa shape index (κ1) is 13.4. The van der Waals surface area contributed by atoms with E-state index < -0.39 is 0 Å². The van der Waals surface area contributed by atoms with Crippen LogP contribution >= 0.6 is 11.6 Å². The van der Waals surface area contributed by atoms with Gasteiger partial charge in [0.2, 0.25) is 0 Å². The summed E-state index contributed by atoms with van der Waals surface area (Å²) in [5, 5.41) is 10.3. The van der Waals surface area contributed by atoms with Crippen molar-refractivity contribution in [2.45, 2.75) is 20.4 Å². The minimum absolute atomic E-state index is 0.305. The van der Waals surface area contributed by atoms with Gasteiger partial charge < -0.3 is 10.6 Å². The number of anilines is 2. The maximum atomic E-state index is 11.8. The molecule has 1 heterocycles. The third kappa shape index (κ3) is 3.26. The fourth-order valence-corrected chi connectivity index (χ4v) is 1.83. The maximum Gasteiger partial charge on any atom is 0.323 e. The second kappa shape index (κ2) is 5.75. The molecule has 0 unspecified atom stereocenters. The van der Waals surface area contributed by atoms with Gasteiger partial charge in [-0.05, 0) is 38.1 Å². The molecule has 0 fully saturated rings. The molecule has 19 heavy (non-hydrogen) atoms. The molecule has 1 aromatic carbocycles. The van der Waals surface area contributed by atoms with Crippen molar-refractivity contribution in [3.05, 3.63) is 41.2 Å². The van der Waals surface area contributed by atoms with Gasteiger partial charge in [0.1, 0.15) is 0 Å². The fourth-order valence-electron chi connectivity index (χ4n) is 1.71. The number of amides is 2. The number of halogens is 1. The molecule has 2 aromatic rings. The third-order valence-corrected chi connectivity index (χ3v) is 3.00. The van der Waals surface area contributed by atoms with E-state index in [2.05, 4.69) is 15.7 Å². The molecule has 0 aliphatic carbocycles. The first-order valence-corrected chi connectivity index (χ1v) is 6.34. The number of nitrogens with one attached hydrogen (secondary N) is 2. The van der Waals surface area contributed by atoms with Gasteiger partial charge in [-0.1, -0.05) is 11.6 Å². The smallest absolute Gasteiger partial charge is 0.308 e. The SMILES string of the molecule is CCn1ncc(NC(=O)Nc2ccc(Cl)cc2)c1C. The molecule has 0 spiro atoms. The summed E-state index contributed by atoms with van der Waals surface area (Å²) in [7, 11) is 0. The van der Waals surface area contributed by atoms with Crippen molar-refractivity contribution in [3.63, 3.8) is 0 Å². The zero-order chi connectivity index (χ0) is 13.8. The molecule has 2 N–H and O–H groups in total. The van der Waals surface area contributed by atoms with Gasteiger partial charge in [-0.15, -0.1) is 0 Å². The van der Waals surface area contributed by atoms with Gasteiger partial charge in [-0.25, -0.2) is 4.79 Å². The van der Waals surface area contributed by atoms with Crippen molar-refractivity contribution in [3.8, 4) is 0 Å². The molecule has 0 radical (unpaired) electrons. The number of hydrogen-bond donors (Lipinski definition) is 2. The van der Waals surface area contributed by atoms with Gasteiger partial charge >= 0.3 is 6.03 Å². The molecule has 0 aliphatic rings. The van der Waals surface area contributed by atoms with E-state index in [1.54, 1.807) is 30.5 Å². The first-order valence-electron chi connectivity index (χ1n) is 5.96. The lowest BCUT2D eigenvalue weighted by Gasteiger charge is -2.07. The van der Waals surface area contributed by atoms with Crippen LogP contribution in [-0.2, 0) is 6.54 Å². The van der Waals surface area contributed by atoms with E-state index >= 15 is 0 Å². The molecule has 2 amide bonds. The lowest BCUT2D eigenvalue weighted by atomic mass is 10.3. The Morgan fingerprint density at radius 2 is 2.00 bits per heavy atom. The second-order valence-corrected chi connectivity index (χ2v) is 4.48. The number of benzene rings is 1. The van der Waals surface area contributed by atoms with E-state index in [9.17, 15) is 4.79 Å². The summed E-state index contributed by atoms with van der Waals surface area (Å²) in [6.07, 6.45) is 1.64. The summed E-state index contributed by atoms with van der Waals surface area (Å²) < 4.78 is 1.82. The number of aromatic nitrogens is 2. The van der Waals surface area contributed by atoms with Crippen LogP contribution in [0.15, 0.2) is 30.5 Å². The summed E-state index contributed by atoms with van der Waals surface area (Å²) in [4.78, 5) is 11.8. The van der Waals surface area contributed by atoms with Crippen molar-refractivity contribution in [1.29, 1.82) is 0 Å². The third-order valence-electron chi connectivity index (χ3n) is 2.75. The molecule has 5 nitrogen and oxygen atoms in total. The summed E-state index contributed by atoms with van der Waals surface area (Å²) in [6.45, 7) is 4.68. The molecule has 0 saturated heterocycles. The van der Waals surface area contributed by atoms with Crippen molar-refractivity contribution in [2.24, 2.45) is 0 Å². The molecule has 100 valence electrons. The van der Waals surface area contributed by atoms with E-state index in [0.29, 0.717) is 16.4 Å². The summed E-state index contributed by atoms with van der Waals surface area (Å²) in [6, 6.07) is 6.62. The number of aryl methyl sites for hydroxylation is 1. The van der Waals surface area contributed by atoms with Crippen molar-refractivity contribution in [1.82, 2.24) is 9.78 Å². The van der Waals surface area contributed by atoms with Crippen LogP contribution in [0, 0.1) is 6.92 Å². The Morgan fingerprint density at radius 1 is 1.32 bits per heavy atom. The van der Waals surface area contributed by atoms with Crippen LogP contribution in [0.1, 0.15) is 12.6 Å². The predicted molar refractivity (Wildman–Crippen MR) is 76.7 cm³/mol. The monoisotopic (exact) mass is 278 g/mol. The predicted octanol–water partition coefficient (Wildman–Crippen LogP) is 3.51. The van der Waals surface area contributed by atoms with E-state index in [-0.39, 0.29) is 6.03 Å². The highest BCUT2D eigenvalue weighted by Crippen LogP contribution is 2.16. The highest BCUT2D eigenvalue weighted by molar-refractivity contribution is 6.30. The van der Waals surface area contributed by atoms with Gasteiger partial charge in [0.25, 0.3) is 0 Å². The van der Waals surface area contributed by atoms with E-state index in [0.717, 1.165) is 12.2 Å². The largest absolute Gasteiger partial charge is 0.323 e. The van der Waals surface area contributed by atoms with Crippen LogP contribution in [0.25, 0.3) is 0 Å². The second-order valence-electron chi connectivity index (χ2n) is 4.05. The van der Waals surface area contributed by atoms with Crippen molar-refractivity contribution >= 4 is 29.0 Å². The van der Waals surface area contributed by atoms with E-state index in [1.165, 1.54) is 0 Å². The normalized spacial score (nSPS) is 10.3. The van der Waals surface area contributed by atoms with Crippen LogP contribution in [0.4, 0.5) is 16.2 Å². The molecule has 0 aliphatic heterocycles. The molecule has 0 saturated carbocycles. The number of rotatable bonds is 3. The maximum absolute atomic E-state index is 11.8. The van der Waals surface area contributed by atoms with Crippen LogP contribution in [0.2, 0.25) is 5.02 Å². The van der Waals surface area contributed by atoms with Crippen LogP contribution in [0.5, 0.6) is 0 Å². The van der Waals surface area contributed by atoms with Gasteiger partial charge in [-0.2, -0.15) is 5.10 Å². The van der Waals surface area contributed by atoms with Crippen molar-refractivity contribution in [2.75, 3.05) is 10.6 Å². The number of nitrogens with zero attached hydrogens (tertiary/aromatic N) is 2. The summed E-state index contributed by atoms with van der Waals surface area (Å²) in [5.74, 6) is 0. The lowest BCUT2D eigenvalue weighted by molar-refractivity contribution is 0.262.